The number of thioether (sulfide) groups is 1. The van der Waals surface area contributed by atoms with Gasteiger partial charge in [-0.3, -0.25) is 0 Å². The SMILES string of the molecule is CCS(=O)(=O)CCCSc1cc(C)ccc1N. The van der Waals surface area contributed by atoms with Crippen molar-refractivity contribution in [3.05, 3.63) is 23.8 Å². The summed E-state index contributed by atoms with van der Waals surface area (Å²) in [6, 6.07) is 5.90. The topological polar surface area (TPSA) is 60.2 Å². The number of rotatable bonds is 6. The predicted octanol–water partition coefficient (Wildman–Crippen LogP) is 2.49. The fourth-order valence-corrected chi connectivity index (χ4v) is 3.44. The van der Waals surface area contributed by atoms with Crippen LogP contribution in [0.4, 0.5) is 5.69 Å². The molecule has 0 aromatic heterocycles. The minimum Gasteiger partial charge on any atom is -0.398 e. The van der Waals surface area contributed by atoms with Crippen molar-refractivity contribution < 1.29 is 8.42 Å². The number of nitrogens with two attached hydrogens (primary N) is 1. The van der Waals surface area contributed by atoms with Crippen molar-refractivity contribution in [1.29, 1.82) is 0 Å². The molecular weight excluding hydrogens is 254 g/mol. The number of sulfone groups is 1. The highest BCUT2D eigenvalue weighted by atomic mass is 32.2. The van der Waals surface area contributed by atoms with Crippen LogP contribution in [0.3, 0.4) is 0 Å². The molecule has 1 rings (SSSR count). The van der Waals surface area contributed by atoms with Crippen molar-refractivity contribution in [1.82, 2.24) is 0 Å². The monoisotopic (exact) mass is 273 g/mol. The normalized spacial score (nSPS) is 11.6. The first kappa shape index (κ1) is 14.4. The minimum absolute atomic E-state index is 0.226. The van der Waals surface area contributed by atoms with E-state index in [1.165, 1.54) is 5.56 Å². The standard InChI is InChI=1S/C12H19NO2S2/c1-3-17(14,15)8-4-7-16-12-9-10(2)5-6-11(12)13/h5-6,9H,3-4,7-8,13H2,1-2H3. The average Bonchev–Trinajstić information content (AvgIpc) is 2.29. The quantitative estimate of drug-likeness (QED) is 0.491. The van der Waals surface area contributed by atoms with Crippen molar-refractivity contribution in [2.45, 2.75) is 25.2 Å². The number of nitrogen functional groups attached to an aromatic ring is 1. The summed E-state index contributed by atoms with van der Waals surface area (Å²) < 4.78 is 22.6. The van der Waals surface area contributed by atoms with Crippen LogP contribution in [-0.4, -0.2) is 25.7 Å². The summed E-state index contributed by atoms with van der Waals surface area (Å²) in [6.45, 7) is 3.70. The molecule has 0 saturated carbocycles. The molecule has 0 aliphatic heterocycles. The van der Waals surface area contributed by atoms with Gasteiger partial charge in [-0.25, -0.2) is 8.42 Å². The summed E-state index contributed by atoms with van der Waals surface area (Å²) in [5.74, 6) is 1.28. The molecule has 0 aliphatic carbocycles. The highest BCUT2D eigenvalue weighted by molar-refractivity contribution is 7.99. The average molecular weight is 273 g/mol. The summed E-state index contributed by atoms with van der Waals surface area (Å²) in [5, 5.41) is 0. The fraction of sp³-hybridized carbons (Fsp3) is 0.500. The summed E-state index contributed by atoms with van der Waals surface area (Å²) in [5.41, 5.74) is 7.78. The molecule has 0 spiro atoms. The Morgan fingerprint density at radius 3 is 2.71 bits per heavy atom. The van der Waals surface area contributed by atoms with Gasteiger partial charge in [-0.05, 0) is 36.8 Å². The Kier molecular flexibility index (Phi) is 5.33. The molecule has 1 aromatic rings. The molecule has 0 aliphatic rings. The lowest BCUT2D eigenvalue weighted by atomic mass is 10.2. The third-order valence-electron chi connectivity index (χ3n) is 2.47. The fourth-order valence-electron chi connectivity index (χ4n) is 1.37. The Labute approximate surface area is 108 Å². The summed E-state index contributed by atoms with van der Waals surface area (Å²) in [6.07, 6.45) is 0.675. The molecule has 2 N–H and O–H groups in total. The zero-order valence-corrected chi connectivity index (χ0v) is 11.9. The Balaban J connectivity index is 2.44. The number of hydrogen-bond acceptors (Lipinski definition) is 4. The smallest absolute Gasteiger partial charge is 0.150 e. The van der Waals surface area contributed by atoms with E-state index in [1.807, 2.05) is 25.1 Å². The van der Waals surface area contributed by atoms with Crippen LogP contribution in [0.5, 0.6) is 0 Å². The first-order valence-corrected chi connectivity index (χ1v) is 8.44. The van der Waals surface area contributed by atoms with Crippen molar-refractivity contribution >= 4 is 27.3 Å². The van der Waals surface area contributed by atoms with Gasteiger partial charge >= 0.3 is 0 Å². The summed E-state index contributed by atoms with van der Waals surface area (Å²) in [7, 11) is -2.84. The van der Waals surface area contributed by atoms with E-state index in [2.05, 4.69) is 0 Å². The molecule has 5 heteroatoms. The molecule has 0 heterocycles. The molecule has 3 nitrogen and oxygen atoms in total. The Morgan fingerprint density at radius 1 is 1.35 bits per heavy atom. The van der Waals surface area contributed by atoms with Gasteiger partial charge in [0.25, 0.3) is 0 Å². The Hall–Kier alpha value is -0.680. The second kappa shape index (κ2) is 6.31. The molecule has 0 atom stereocenters. The number of aryl methyl sites for hydroxylation is 1. The molecule has 0 unspecified atom stereocenters. The maximum atomic E-state index is 11.3. The van der Waals surface area contributed by atoms with Crippen LogP contribution in [-0.2, 0) is 9.84 Å². The van der Waals surface area contributed by atoms with Crippen molar-refractivity contribution in [3.8, 4) is 0 Å². The van der Waals surface area contributed by atoms with Gasteiger partial charge in [0, 0.05) is 16.3 Å². The van der Waals surface area contributed by atoms with Crippen LogP contribution >= 0.6 is 11.8 Å². The van der Waals surface area contributed by atoms with Gasteiger partial charge < -0.3 is 5.73 Å². The summed E-state index contributed by atoms with van der Waals surface area (Å²) in [4.78, 5) is 1.04. The third kappa shape index (κ3) is 5.00. The van der Waals surface area contributed by atoms with Crippen LogP contribution in [0.2, 0.25) is 0 Å². The van der Waals surface area contributed by atoms with E-state index in [4.69, 9.17) is 5.73 Å². The second-order valence-electron chi connectivity index (χ2n) is 3.98. The van der Waals surface area contributed by atoms with E-state index >= 15 is 0 Å². The molecule has 0 amide bonds. The van der Waals surface area contributed by atoms with Crippen LogP contribution in [0.25, 0.3) is 0 Å². The number of anilines is 1. The highest BCUT2D eigenvalue weighted by Gasteiger charge is 2.07. The van der Waals surface area contributed by atoms with E-state index in [9.17, 15) is 8.42 Å². The highest BCUT2D eigenvalue weighted by Crippen LogP contribution is 2.26. The van der Waals surface area contributed by atoms with Crippen molar-refractivity contribution in [2.75, 3.05) is 23.0 Å². The van der Waals surface area contributed by atoms with Crippen molar-refractivity contribution in [3.63, 3.8) is 0 Å². The van der Waals surface area contributed by atoms with Crippen LogP contribution < -0.4 is 5.73 Å². The van der Waals surface area contributed by atoms with Gasteiger partial charge in [-0.1, -0.05) is 13.0 Å². The lowest BCUT2D eigenvalue weighted by Crippen LogP contribution is -2.09. The van der Waals surface area contributed by atoms with Gasteiger partial charge in [0.05, 0.1) is 5.75 Å². The molecule has 0 bridgehead atoms. The molecular formula is C12H19NO2S2. The van der Waals surface area contributed by atoms with Gasteiger partial charge in [-0.2, -0.15) is 0 Å². The summed E-state index contributed by atoms with van der Waals surface area (Å²) >= 11 is 1.62. The maximum absolute atomic E-state index is 11.3. The lowest BCUT2D eigenvalue weighted by Gasteiger charge is -2.06. The van der Waals surface area contributed by atoms with Gasteiger partial charge in [-0.15, -0.1) is 11.8 Å². The van der Waals surface area contributed by atoms with E-state index in [-0.39, 0.29) is 11.5 Å². The molecule has 1 aromatic carbocycles. The largest absolute Gasteiger partial charge is 0.398 e. The number of benzene rings is 1. The van der Waals surface area contributed by atoms with Gasteiger partial charge in [0.15, 0.2) is 0 Å². The van der Waals surface area contributed by atoms with E-state index < -0.39 is 9.84 Å². The van der Waals surface area contributed by atoms with Crippen molar-refractivity contribution in [2.24, 2.45) is 0 Å². The maximum Gasteiger partial charge on any atom is 0.150 e. The second-order valence-corrected chi connectivity index (χ2v) is 7.59. The molecule has 0 fully saturated rings. The molecule has 0 saturated heterocycles. The Morgan fingerprint density at radius 2 is 2.06 bits per heavy atom. The van der Waals surface area contributed by atoms with Gasteiger partial charge in [0.1, 0.15) is 9.84 Å². The van der Waals surface area contributed by atoms with Crippen LogP contribution in [0, 0.1) is 6.92 Å². The molecule has 96 valence electrons. The first-order valence-electron chi connectivity index (χ1n) is 5.64. The lowest BCUT2D eigenvalue weighted by molar-refractivity contribution is 0.596. The number of hydrogen-bond donors (Lipinski definition) is 1. The first-order chi connectivity index (χ1) is 7.94. The minimum atomic E-state index is -2.84. The Bertz CT molecular complexity index is 469. The zero-order chi connectivity index (χ0) is 12.9. The molecule has 0 radical (unpaired) electrons. The predicted molar refractivity (Wildman–Crippen MR) is 75.3 cm³/mol. The van der Waals surface area contributed by atoms with Crippen LogP contribution in [0.15, 0.2) is 23.1 Å². The zero-order valence-electron chi connectivity index (χ0n) is 10.3. The van der Waals surface area contributed by atoms with Gasteiger partial charge in [0.2, 0.25) is 0 Å². The van der Waals surface area contributed by atoms with Crippen LogP contribution in [0.1, 0.15) is 18.9 Å². The van der Waals surface area contributed by atoms with E-state index in [0.29, 0.717) is 6.42 Å². The molecule has 17 heavy (non-hydrogen) atoms. The van der Waals surface area contributed by atoms with E-state index in [0.717, 1.165) is 16.3 Å². The van der Waals surface area contributed by atoms with E-state index in [1.54, 1.807) is 18.7 Å². The third-order valence-corrected chi connectivity index (χ3v) is 5.41.